The molecule has 1 amide bonds. The summed E-state index contributed by atoms with van der Waals surface area (Å²) >= 11 is 0. The molecule has 0 atom stereocenters. The van der Waals surface area contributed by atoms with E-state index in [0.717, 1.165) is 33.4 Å². The van der Waals surface area contributed by atoms with Gasteiger partial charge in [-0.2, -0.15) is 0 Å². The molecule has 1 fully saturated rings. The molecule has 0 spiro atoms. The van der Waals surface area contributed by atoms with Crippen molar-refractivity contribution >= 4 is 26.7 Å². The summed E-state index contributed by atoms with van der Waals surface area (Å²) in [5, 5.41) is 8.97. The lowest BCUT2D eigenvalue weighted by Gasteiger charge is -2.30. The Kier molecular flexibility index (Phi) is 5.38. The zero-order chi connectivity index (χ0) is 21.5. The highest BCUT2D eigenvalue weighted by atomic mass is 32.2. The van der Waals surface area contributed by atoms with Crippen LogP contribution in [-0.4, -0.2) is 49.2 Å². The van der Waals surface area contributed by atoms with E-state index in [1.54, 1.807) is 0 Å². The number of nitrogens with one attached hydrogen (secondary N) is 1. The molecule has 0 aliphatic carbocycles. The van der Waals surface area contributed by atoms with Crippen LogP contribution in [0, 0.1) is 13.8 Å². The molecular weight excluding hydrogens is 402 g/mol. The van der Waals surface area contributed by atoms with Crippen molar-refractivity contribution < 1.29 is 17.7 Å². The summed E-state index contributed by atoms with van der Waals surface area (Å²) in [4.78, 5) is 13.1. The van der Waals surface area contributed by atoms with Gasteiger partial charge in [0, 0.05) is 30.3 Å². The minimum atomic E-state index is -3.18. The summed E-state index contributed by atoms with van der Waals surface area (Å²) in [5.41, 5.74) is 3.35. The summed E-state index contributed by atoms with van der Waals surface area (Å²) in [5.74, 6) is 0.599. The molecule has 1 N–H and O–H groups in total. The number of carbonyl (C=O) groups excluding carboxylic acids is 1. The van der Waals surface area contributed by atoms with Gasteiger partial charge in [-0.3, -0.25) is 4.79 Å². The normalized spacial score (nSPS) is 16.1. The number of carbonyl (C=O) groups is 1. The Labute approximate surface area is 176 Å². The average molecular weight is 428 g/mol. The lowest BCUT2D eigenvalue weighted by atomic mass is 9.93. The van der Waals surface area contributed by atoms with Gasteiger partial charge >= 0.3 is 0 Å². The van der Waals surface area contributed by atoms with Gasteiger partial charge in [0.25, 0.3) is 5.91 Å². The molecule has 8 heteroatoms. The molecule has 1 aliphatic heterocycles. The monoisotopic (exact) mass is 427 g/mol. The van der Waals surface area contributed by atoms with E-state index in [2.05, 4.69) is 10.5 Å². The summed E-state index contributed by atoms with van der Waals surface area (Å²) < 4.78 is 30.2. The molecule has 1 aliphatic rings. The van der Waals surface area contributed by atoms with Gasteiger partial charge in [0.15, 0.2) is 0 Å². The highest BCUT2D eigenvalue weighted by Gasteiger charge is 2.26. The van der Waals surface area contributed by atoms with E-state index in [-0.39, 0.29) is 11.9 Å². The lowest BCUT2D eigenvalue weighted by molar-refractivity contribution is 0.0925. The maximum Gasteiger partial charge on any atom is 0.252 e. The van der Waals surface area contributed by atoms with Gasteiger partial charge in [0.1, 0.15) is 5.76 Å². The third-order valence-electron chi connectivity index (χ3n) is 5.73. The van der Waals surface area contributed by atoms with Crippen LogP contribution in [0.1, 0.15) is 34.7 Å². The molecule has 1 aromatic heterocycles. The largest absolute Gasteiger partial charge is 0.361 e. The molecule has 0 bridgehead atoms. The Morgan fingerprint density at radius 3 is 2.37 bits per heavy atom. The maximum atomic E-state index is 13.1. The summed E-state index contributed by atoms with van der Waals surface area (Å²) in [6, 6.07) is 11.5. The number of aromatic nitrogens is 1. The molecule has 0 saturated carbocycles. The molecule has 4 rings (SSSR count). The van der Waals surface area contributed by atoms with Crippen molar-refractivity contribution in [2.24, 2.45) is 0 Å². The Morgan fingerprint density at radius 1 is 1.10 bits per heavy atom. The van der Waals surface area contributed by atoms with E-state index in [1.807, 2.05) is 50.2 Å². The quantitative estimate of drug-likeness (QED) is 0.690. The predicted octanol–water partition coefficient (Wildman–Crippen LogP) is 3.27. The molecule has 7 nitrogen and oxygen atoms in total. The van der Waals surface area contributed by atoms with Gasteiger partial charge in [-0.25, -0.2) is 12.7 Å². The van der Waals surface area contributed by atoms with Crippen LogP contribution in [0.5, 0.6) is 0 Å². The Bertz CT molecular complexity index is 1190. The number of benzene rings is 2. The Morgan fingerprint density at radius 2 is 1.77 bits per heavy atom. The second-order valence-electron chi connectivity index (χ2n) is 7.82. The van der Waals surface area contributed by atoms with Crippen molar-refractivity contribution in [2.75, 3.05) is 19.3 Å². The van der Waals surface area contributed by atoms with E-state index in [4.69, 9.17) is 4.52 Å². The van der Waals surface area contributed by atoms with Gasteiger partial charge in [-0.15, -0.1) is 0 Å². The first-order chi connectivity index (χ1) is 14.3. The second-order valence-corrected chi connectivity index (χ2v) is 9.80. The van der Waals surface area contributed by atoms with Gasteiger partial charge in [-0.05, 0) is 49.1 Å². The fourth-order valence-corrected chi connectivity index (χ4v) is 5.05. The first-order valence-electron chi connectivity index (χ1n) is 9.96. The number of piperidine rings is 1. The lowest BCUT2D eigenvalue weighted by Crippen LogP contribution is -2.46. The standard InChI is InChI=1S/C22H25N3O4S/c1-14-21(15(2)29-24-14)19-8-9-20(18-7-5-4-6-17(18)19)22(26)23-16-10-12-25(13-11-16)30(3,27)28/h4-9,16H,10-13H2,1-3H3,(H,23,26). The SMILES string of the molecule is Cc1noc(C)c1-c1ccc(C(=O)NC2CCN(S(C)(=O)=O)CC2)c2ccccc12. The van der Waals surface area contributed by atoms with E-state index in [9.17, 15) is 13.2 Å². The van der Waals surface area contributed by atoms with Crippen molar-refractivity contribution in [3.8, 4) is 11.1 Å². The zero-order valence-corrected chi connectivity index (χ0v) is 18.1. The summed E-state index contributed by atoms with van der Waals surface area (Å²) in [7, 11) is -3.18. The number of hydrogen-bond acceptors (Lipinski definition) is 5. The van der Waals surface area contributed by atoms with Crippen LogP contribution >= 0.6 is 0 Å². The number of sulfonamides is 1. The predicted molar refractivity (Wildman–Crippen MR) is 116 cm³/mol. The number of amides is 1. The Balaban J connectivity index is 1.61. The van der Waals surface area contributed by atoms with Gasteiger partial charge in [0.05, 0.1) is 11.9 Å². The van der Waals surface area contributed by atoms with Crippen LogP contribution in [0.2, 0.25) is 0 Å². The van der Waals surface area contributed by atoms with Crippen LogP contribution in [0.15, 0.2) is 40.9 Å². The van der Waals surface area contributed by atoms with Crippen molar-refractivity contribution in [1.82, 2.24) is 14.8 Å². The fraction of sp³-hybridized carbons (Fsp3) is 0.364. The molecule has 158 valence electrons. The van der Waals surface area contributed by atoms with Crippen LogP contribution in [0.3, 0.4) is 0 Å². The van der Waals surface area contributed by atoms with Gasteiger partial charge < -0.3 is 9.84 Å². The third-order valence-corrected chi connectivity index (χ3v) is 7.03. The number of nitrogens with zero attached hydrogens (tertiary/aromatic N) is 2. The minimum Gasteiger partial charge on any atom is -0.361 e. The molecule has 1 saturated heterocycles. The van der Waals surface area contributed by atoms with Crippen molar-refractivity contribution in [3.05, 3.63) is 53.4 Å². The molecule has 2 aromatic carbocycles. The molecule has 2 heterocycles. The van der Waals surface area contributed by atoms with Crippen LogP contribution < -0.4 is 5.32 Å². The minimum absolute atomic E-state index is 0.0449. The smallest absolute Gasteiger partial charge is 0.252 e. The van der Waals surface area contributed by atoms with Crippen LogP contribution in [0.4, 0.5) is 0 Å². The highest BCUT2D eigenvalue weighted by Crippen LogP contribution is 2.34. The molecule has 3 aromatic rings. The number of aryl methyl sites for hydroxylation is 2. The molecule has 30 heavy (non-hydrogen) atoms. The first-order valence-corrected chi connectivity index (χ1v) is 11.8. The zero-order valence-electron chi connectivity index (χ0n) is 17.3. The van der Waals surface area contributed by atoms with E-state index >= 15 is 0 Å². The average Bonchev–Trinajstić information content (AvgIpc) is 3.05. The fourth-order valence-electron chi connectivity index (χ4n) is 4.18. The van der Waals surface area contributed by atoms with Crippen molar-refractivity contribution in [2.45, 2.75) is 32.7 Å². The number of fused-ring (bicyclic) bond motifs is 1. The number of rotatable bonds is 4. The molecular formula is C22H25N3O4S. The second kappa shape index (κ2) is 7.85. The van der Waals surface area contributed by atoms with Crippen molar-refractivity contribution in [1.29, 1.82) is 0 Å². The highest BCUT2D eigenvalue weighted by molar-refractivity contribution is 7.88. The topological polar surface area (TPSA) is 92.5 Å². The summed E-state index contributed by atoms with van der Waals surface area (Å²) in [6.07, 6.45) is 2.43. The third kappa shape index (κ3) is 3.85. The van der Waals surface area contributed by atoms with Crippen LogP contribution in [0.25, 0.3) is 21.9 Å². The van der Waals surface area contributed by atoms with E-state index < -0.39 is 10.0 Å². The van der Waals surface area contributed by atoms with Gasteiger partial charge in [-0.1, -0.05) is 35.5 Å². The summed E-state index contributed by atoms with van der Waals surface area (Å²) in [6.45, 7) is 4.64. The van der Waals surface area contributed by atoms with Crippen molar-refractivity contribution in [3.63, 3.8) is 0 Å². The molecule has 0 unspecified atom stereocenters. The van der Waals surface area contributed by atoms with E-state index in [0.29, 0.717) is 31.5 Å². The van der Waals surface area contributed by atoms with E-state index in [1.165, 1.54) is 10.6 Å². The Hall–Kier alpha value is -2.71. The molecule has 0 radical (unpaired) electrons. The van der Waals surface area contributed by atoms with Crippen LogP contribution in [-0.2, 0) is 10.0 Å². The van der Waals surface area contributed by atoms with Gasteiger partial charge in [0.2, 0.25) is 10.0 Å². The maximum absolute atomic E-state index is 13.1. The first kappa shape index (κ1) is 20.6. The number of hydrogen-bond donors (Lipinski definition) is 1.